The van der Waals surface area contributed by atoms with Crippen LogP contribution in [-0.4, -0.2) is 39.9 Å². The monoisotopic (exact) mass is 175 g/mol. The molecular formula is C8H15O4. The van der Waals surface area contributed by atoms with E-state index in [0.29, 0.717) is 6.42 Å². The molecule has 0 amide bonds. The van der Waals surface area contributed by atoms with E-state index in [9.17, 15) is 4.79 Å². The van der Waals surface area contributed by atoms with Crippen molar-refractivity contribution in [1.29, 1.82) is 0 Å². The zero-order chi connectivity index (χ0) is 9.56. The summed E-state index contributed by atoms with van der Waals surface area (Å²) in [5.41, 5.74) is 0. The number of Topliss-reactive ketones (excluding diaryl/α,β-unsaturated/α-hetero) is 1. The molecule has 0 aliphatic rings. The van der Waals surface area contributed by atoms with Crippen molar-refractivity contribution in [2.24, 2.45) is 0 Å². The molecule has 0 spiro atoms. The predicted octanol–water partition coefficient (Wildman–Crippen LogP) is -0.726. The molecule has 4 heteroatoms. The van der Waals surface area contributed by atoms with Crippen LogP contribution in [0.4, 0.5) is 0 Å². The summed E-state index contributed by atoms with van der Waals surface area (Å²) >= 11 is 0. The Morgan fingerprint density at radius 3 is 2.50 bits per heavy atom. The summed E-state index contributed by atoms with van der Waals surface area (Å²) < 4.78 is 0. The van der Waals surface area contributed by atoms with Gasteiger partial charge in [-0.2, -0.15) is 0 Å². The number of aliphatic hydroxyl groups excluding tert-OH is 3. The molecule has 1 radical (unpaired) electrons. The lowest BCUT2D eigenvalue weighted by Crippen LogP contribution is -2.18. The Bertz CT molecular complexity index is 133. The maximum atomic E-state index is 10.6. The lowest BCUT2D eigenvalue weighted by Gasteiger charge is -2.09. The summed E-state index contributed by atoms with van der Waals surface area (Å²) in [4.78, 5) is 10.6. The van der Waals surface area contributed by atoms with Crippen molar-refractivity contribution in [3.8, 4) is 0 Å². The zero-order valence-electron chi connectivity index (χ0n) is 7.10. The number of carbonyl (C=O) groups is 1. The fourth-order valence-corrected chi connectivity index (χ4v) is 0.735. The fraction of sp³-hybridized carbons (Fsp3) is 0.750. The summed E-state index contributed by atoms with van der Waals surface area (Å²) in [7, 11) is 0. The van der Waals surface area contributed by atoms with E-state index < -0.39 is 24.6 Å². The minimum atomic E-state index is -0.862. The molecule has 3 N–H and O–H groups in total. The minimum Gasteiger partial charge on any atom is -0.393 e. The Morgan fingerprint density at radius 2 is 2.08 bits per heavy atom. The van der Waals surface area contributed by atoms with Crippen LogP contribution in [0.1, 0.15) is 19.8 Å². The molecule has 12 heavy (non-hydrogen) atoms. The van der Waals surface area contributed by atoms with Crippen molar-refractivity contribution in [1.82, 2.24) is 0 Å². The second-order valence-corrected chi connectivity index (χ2v) is 2.79. The topological polar surface area (TPSA) is 77.8 Å². The number of aliphatic hydroxyl groups is 3. The van der Waals surface area contributed by atoms with Gasteiger partial charge in [-0.3, -0.25) is 4.79 Å². The highest BCUT2D eigenvalue weighted by atomic mass is 16.3. The van der Waals surface area contributed by atoms with Crippen LogP contribution in [-0.2, 0) is 4.79 Å². The summed E-state index contributed by atoms with van der Waals surface area (Å²) in [6, 6.07) is 0. The van der Waals surface area contributed by atoms with Gasteiger partial charge in [-0.15, -0.1) is 0 Å². The van der Waals surface area contributed by atoms with Gasteiger partial charge in [-0.05, 0) is 19.8 Å². The number of ketones is 1. The molecule has 0 saturated carbocycles. The van der Waals surface area contributed by atoms with Gasteiger partial charge in [0.15, 0.2) is 5.78 Å². The molecule has 0 aromatic heterocycles. The van der Waals surface area contributed by atoms with E-state index in [0.717, 1.165) is 0 Å². The molecule has 4 nitrogen and oxygen atoms in total. The molecule has 0 heterocycles. The Balaban J connectivity index is 3.45. The van der Waals surface area contributed by atoms with Crippen LogP contribution in [0.5, 0.6) is 0 Å². The largest absolute Gasteiger partial charge is 0.393 e. The molecule has 2 atom stereocenters. The molecule has 0 aromatic carbocycles. The lowest BCUT2D eigenvalue weighted by atomic mass is 10.1. The van der Waals surface area contributed by atoms with Crippen LogP contribution in [0.3, 0.4) is 0 Å². The number of hydrogen-bond acceptors (Lipinski definition) is 4. The first-order valence-corrected chi connectivity index (χ1v) is 3.88. The first-order valence-electron chi connectivity index (χ1n) is 3.88. The molecular weight excluding hydrogens is 160 g/mol. The molecule has 0 aliphatic heterocycles. The SMILES string of the molecule is CC(O)C[CH]C(O)CC(=O)CO. The van der Waals surface area contributed by atoms with E-state index in [1.165, 1.54) is 6.42 Å². The first kappa shape index (κ1) is 11.6. The van der Waals surface area contributed by atoms with E-state index in [2.05, 4.69) is 0 Å². The van der Waals surface area contributed by atoms with Gasteiger partial charge in [0.2, 0.25) is 0 Å². The van der Waals surface area contributed by atoms with Crippen LogP contribution in [0.25, 0.3) is 0 Å². The van der Waals surface area contributed by atoms with Gasteiger partial charge in [0.25, 0.3) is 0 Å². The van der Waals surface area contributed by atoms with Crippen LogP contribution < -0.4 is 0 Å². The van der Waals surface area contributed by atoms with Gasteiger partial charge in [-0.25, -0.2) is 0 Å². The molecule has 0 aromatic rings. The second kappa shape index (κ2) is 6.11. The molecule has 0 fully saturated rings. The van der Waals surface area contributed by atoms with Crippen LogP contribution >= 0.6 is 0 Å². The van der Waals surface area contributed by atoms with E-state index >= 15 is 0 Å². The summed E-state index contributed by atoms with van der Waals surface area (Å²) in [6.45, 7) is 1.05. The number of carbonyl (C=O) groups excluding carboxylic acids is 1. The van der Waals surface area contributed by atoms with Gasteiger partial charge >= 0.3 is 0 Å². The standard InChI is InChI=1S/C8H15O4/c1-6(10)2-3-7(11)4-8(12)5-9/h3,6-7,9-11H,2,4-5H2,1H3. The van der Waals surface area contributed by atoms with Crippen LogP contribution in [0, 0.1) is 6.42 Å². The van der Waals surface area contributed by atoms with E-state index in [1.807, 2.05) is 0 Å². The highest BCUT2D eigenvalue weighted by molar-refractivity contribution is 5.79. The van der Waals surface area contributed by atoms with Gasteiger partial charge in [0.1, 0.15) is 6.61 Å². The Morgan fingerprint density at radius 1 is 1.50 bits per heavy atom. The van der Waals surface area contributed by atoms with Crippen molar-refractivity contribution >= 4 is 5.78 Å². The molecule has 0 bridgehead atoms. The maximum absolute atomic E-state index is 10.6. The number of rotatable bonds is 6. The fourth-order valence-electron chi connectivity index (χ4n) is 0.735. The minimum absolute atomic E-state index is 0.0801. The Labute approximate surface area is 71.8 Å². The smallest absolute Gasteiger partial charge is 0.160 e. The quantitative estimate of drug-likeness (QED) is 0.497. The highest BCUT2D eigenvalue weighted by Gasteiger charge is 2.10. The third kappa shape index (κ3) is 6.27. The molecule has 2 unspecified atom stereocenters. The van der Waals surface area contributed by atoms with Gasteiger partial charge < -0.3 is 15.3 Å². The third-order valence-electron chi connectivity index (χ3n) is 1.36. The Hall–Kier alpha value is -0.450. The van der Waals surface area contributed by atoms with E-state index in [1.54, 1.807) is 6.92 Å². The maximum Gasteiger partial charge on any atom is 0.160 e. The zero-order valence-corrected chi connectivity index (χ0v) is 7.10. The van der Waals surface area contributed by atoms with Gasteiger partial charge in [-0.1, -0.05) is 0 Å². The van der Waals surface area contributed by atoms with E-state index in [4.69, 9.17) is 15.3 Å². The molecule has 0 rings (SSSR count). The van der Waals surface area contributed by atoms with Crippen molar-refractivity contribution < 1.29 is 20.1 Å². The first-order chi connectivity index (χ1) is 5.56. The molecule has 71 valence electrons. The van der Waals surface area contributed by atoms with Crippen LogP contribution in [0.15, 0.2) is 0 Å². The van der Waals surface area contributed by atoms with Crippen molar-refractivity contribution in [3.63, 3.8) is 0 Å². The third-order valence-corrected chi connectivity index (χ3v) is 1.36. The molecule has 0 aliphatic carbocycles. The summed E-state index contributed by atoms with van der Waals surface area (Å²) in [6.07, 6.45) is 0.351. The van der Waals surface area contributed by atoms with Crippen molar-refractivity contribution in [2.75, 3.05) is 6.61 Å². The van der Waals surface area contributed by atoms with E-state index in [-0.39, 0.29) is 6.42 Å². The number of hydrogen-bond donors (Lipinski definition) is 3. The lowest BCUT2D eigenvalue weighted by molar-refractivity contribution is -0.123. The van der Waals surface area contributed by atoms with Gasteiger partial charge in [0.05, 0.1) is 12.2 Å². The normalized spacial score (nSPS) is 15.7. The average Bonchev–Trinajstić information content (AvgIpc) is 2.00. The predicted molar refractivity (Wildman–Crippen MR) is 43.3 cm³/mol. The van der Waals surface area contributed by atoms with Gasteiger partial charge in [0, 0.05) is 6.42 Å². The molecule has 0 saturated heterocycles. The second-order valence-electron chi connectivity index (χ2n) is 2.79. The summed E-state index contributed by atoms with van der Waals surface area (Å²) in [5, 5.41) is 26.3. The average molecular weight is 175 g/mol. The summed E-state index contributed by atoms with van der Waals surface area (Å²) in [5.74, 6) is -0.399. The van der Waals surface area contributed by atoms with Crippen molar-refractivity contribution in [2.45, 2.75) is 32.0 Å². The van der Waals surface area contributed by atoms with Crippen molar-refractivity contribution in [3.05, 3.63) is 6.42 Å². The highest BCUT2D eigenvalue weighted by Crippen LogP contribution is 2.03. The van der Waals surface area contributed by atoms with Crippen LogP contribution in [0.2, 0.25) is 0 Å². The Kier molecular flexibility index (Phi) is 5.88.